The molecule has 0 aliphatic rings. The molecular weight excluding hydrogens is 144 g/mol. The van der Waals surface area contributed by atoms with Gasteiger partial charge in [0.15, 0.2) is 5.78 Å². The Labute approximate surface area is 64.3 Å². The zero-order chi connectivity index (χ0) is 8.85. The molecule has 0 aromatic rings. The number of aliphatic carboxylic acids is 1. The summed E-state index contributed by atoms with van der Waals surface area (Å²) in [7, 11) is 0. The predicted octanol–water partition coefficient (Wildman–Crippen LogP) is 0.938. The highest BCUT2D eigenvalue weighted by molar-refractivity contribution is 6.05. The van der Waals surface area contributed by atoms with E-state index in [1.165, 1.54) is 0 Å². The summed E-state index contributed by atoms with van der Waals surface area (Å²) in [5.41, 5.74) is -0.130. The number of carbonyl (C=O) groups is 2. The molecular formula is C8H8O3. The SMILES string of the molecule is C=CC(=O)C=C(C=C)C(=O)O. The molecule has 0 atom stereocenters. The minimum atomic E-state index is -1.17. The number of allylic oxidation sites excluding steroid dienone is 2. The molecule has 0 aliphatic heterocycles. The maximum absolute atomic E-state index is 10.6. The summed E-state index contributed by atoms with van der Waals surface area (Å²) in [4.78, 5) is 20.8. The predicted molar refractivity (Wildman–Crippen MR) is 41.1 cm³/mol. The fraction of sp³-hybridized carbons (Fsp3) is 0. The van der Waals surface area contributed by atoms with Gasteiger partial charge < -0.3 is 5.11 Å². The van der Waals surface area contributed by atoms with Crippen LogP contribution in [0.3, 0.4) is 0 Å². The molecule has 0 aromatic heterocycles. The van der Waals surface area contributed by atoms with E-state index in [9.17, 15) is 9.59 Å². The van der Waals surface area contributed by atoms with Gasteiger partial charge in [0.2, 0.25) is 0 Å². The molecule has 0 unspecified atom stereocenters. The van der Waals surface area contributed by atoms with E-state index in [1.807, 2.05) is 0 Å². The Morgan fingerprint density at radius 2 is 1.73 bits per heavy atom. The lowest BCUT2D eigenvalue weighted by molar-refractivity contribution is -0.132. The van der Waals surface area contributed by atoms with Crippen LogP contribution in [-0.4, -0.2) is 16.9 Å². The third-order valence-corrected chi connectivity index (χ3v) is 0.966. The van der Waals surface area contributed by atoms with Gasteiger partial charge in [-0.25, -0.2) is 4.79 Å². The number of hydrogen-bond acceptors (Lipinski definition) is 2. The van der Waals surface area contributed by atoms with Gasteiger partial charge in [0.1, 0.15) is 0 Å². The van der Waals surface area contributed by atoms with Gasteiger partial charge in [0, 0.05) is 0 Å². The normalized spacial score (nSPS) is 10.4. The Kier molecular flexibility index (Phi) is 3.59. The Morgan fingerprint density at radius 3 is 2.00 bits per heavy atom. The first kappa shape index (κ1) is 9.36. The van der Waals surface area contributed by atoms with Crippen molar-refractivity contribution >= 4 is 11.8 Å². The van der Waals surface area contributed by atoms with E-state index in [0.29, 0.717) is 0 Å². The lowest BCUT2D eigenvalue weighted by atomic mass is 10.2. The summed E-state index contributed by atoms with van der Waals surface area (Å²) >= 11 is 0. The van der Waals surface area contributed by atoms with Crippen LogP contribution in [0.1, 0.15) is 0 Å². The van der Waals surface area contributed by atoms with Gasteiger partial charge in [-0.1, -0.05) is 19.2 Å². The summed E-state index contributed by atoms with van der Waals surface area (Å²) < 4.78 is 0. The van der Waals surface area contributed by atoms with Crippen molar-refractivity contribution in [3.05, 3.63) is 37.0 Å². The van der Waals surface area contributed by atoms with Crippen molar-refractivity contribution < 1.29 is 14.7 Å². The van der Waals surface area contributed by atoms with E-state index in [0.717, 1.165) is 18.2 Å². The minimum absolute atomic E-state index is 0.130. The molecule has 0 aliphatic carbocycles. The number of carbonyl (C=O) groups excluding carboxylic acids is 1. The lowest BCUT2D eigenvalue weighted by Gasteiger charge is -1.89. The highest BCUT2D eigenvalue weighted by atomic mass is 16.4. The van der Waals surface area contributed by atoms with Crippen LogP contribution in [0.5, 0.6) is 0 Å². The largest absolute Gasteiger partial charge is 0.478 e. The molecule has 1 N–H and O–H groups in total. The van der Waals surface area contributed by atoms with E-state index in [1.54, 1.807) is 0 Å². The van der Waals surface area contributed by atoms with Gasteiger partial charge in [-0.3, -0.25) is 4.79 Å². The van der Waals surface area contributed by atoms with Crippen LogP contribution in [0, 0.1) is 0 Å². The summed E-state index contributed by atoms with van der Waals surface area (Å²) in [6.45, 7) is 6.42. The number of ketones is 1. The zero-order valence-electron chi connectivity index (χ0n) is 5.91. The van der Waals surface area contributed by atoms with Gasteiger partial charge in [-0.2, -0.15) is 0 Å². The second-order valence-electron chi connectivity index (χ2n) is 1.72. The first-order valence-electron chi connectivity index (χ1n) is 2.85. The van der Waals surface area contributed by atoms with E-state index in [2.05, 4.69) is 13.2 Å². The van der Waals surface area contributed by atoms with Crippen molar-refractivity contribution in [1.82, 2.24) is 0 Å². The van der Waals surface area contributed by atoms with E-state index in [4.69, 9.17) is 5.11 Å². The minimum Gasteiger partial charge on any atom is -0.478 e. The van der Waals surface area contributed by atoms with Crippen molar-refractivity contribution in [3.8, 4) is 0 Å². The zero-order valence-corrected chi connectivity index (χ0v) is 5.91. The quantitative estimate of drug-likeness (QED) is 0.481. The number of carboxylic acid groups (broad SMARTS) is 1. The molecule has 0 rings (SSSR count). The molecule has 0 bridgehead atoms. The van der Waals surface area contributed by atoms with Crippen molar-refractivity contribution in [2.24, 2.45) is 0 Å². The van der Waals surface area contributed by atoms with Crippen LogP contribution in [0.15, 0.2) is 37.0 Å². The van der Waals surface area contributed by atoms with Crippen molar-refractivity contribution in [3.63, 3.8) is 0 Å². The van der Waals surface area contributed by atoms with Crippen LogP contribution in [0.4, 0.5) is 0 Å². The molecule has 3 heteroatoms. The van der Waals surface area contributed by atoms with E-state index >= 15 is 0 Å². The van der Waals surface area contributed by atoms with Crippen molar-refractivity contribution in [2.75, 3.05) is 0 Å². The molecule has 0 fully saturated rings. The highest BCUT2D eigenvalue weighted by Crippen LogP contribution is 1.95. The maximum atomic E-state index is 10.6. The van der Waals surface area contributed by atoms with Crippen LogP contribution in [-0.2, 0) is 9.59 Å². The molecule has 0 amide bonds. The number of hydrogen-bond donors (Lipinski definition) is 1. The average molecular weight is 152 g/mol. The Morgan fingerprint density at radius 1 is 1.18 bits per heavy atom. The molecule has 11 heavy (non-hydrogen) atoms. The molecule has 0 radical (unpaired) electrons. The fourth-order valence-electron chi connectivity index (χ4n) is 0.420. The summed E-state index contributed by atoms with van der Waals surface area (Å²) in [5.74, 6) is -1.61. The molecule has 3 nitrogen and oxygen atoms in total. The second kappa shape index (κ2) is 4.22. The summed E-state index contributed by atoms with van der Waals surface area (Å²) in [6, 6.07) is 0. The van der Waals surface area contributed by atoms with Crippen LogP contribution < -0.4 is 0 Å². The molecule has 0 spiro atoms. The topological polar surface area (TPSA) is 54.4 Å². The Bertz CT molecular complexity index is 236. The lowest BCUT2D eigenvalue weighted by Crippen LogP contribution is -1.99. The molecule has 58 valence electrons. The van der Waals surface area contributed by atoms with Crippen molar-refractivity contribution in [2.45, 2.75) is 0 Å². The molecule has 0 aromatic carbocycles. The third kappa shape index (κ3) is 3.15. The van der Waals surface area contributed by atoms with Crippen molar-refractivity contribution in [1.29, 1.82) is 0 Å². The average Bonchev–Trinajstić information content (AvgIpc) is 1.99. The van der Waals surface area contributed by atoms with E-state index < -0.39 is 11.8 Å². The number of carboxylic acids is 1. The summed E-state index contributed by atoms with van der Waals surface area (Å²) in [5, 5.41) is 8.39. The first-order valence-corrected chi connectivity index (χ1v) is 2.85. The molecule has 0 saturated heterocycles. The smallest absolute Gasteiger partial charge is 0.335 e. The fourth-order valence-corrected chi connectivity index (χ4v) is 0.420. The standard InChI is InChI=1S/C8H8O3/c1-3-6(8(10)11)5-7(9)4-2/h3-5H,1-2H2,(H,10,11). The highest BCUT2D eigenvalue weighted by Gasteiger charge is 2.02. The van der Waals surface area contributed by atoms with Crippen LogP contribution in [0.25, 0.3) is 0 Å². The Balaban J connectivity index is 4.61. The van der Waals surface area contributed by atoms with Crippen LogP contribution in [0.2, 0.25) is 0 Å². The summed E-state index contributed by atoms with van der Waals surface area (Å²) in [6.07, 6.45) is 3.10. The maximum Gasteiger partial charge on any atom is 0.335 e. The first-order chi connectivity index (χ1) is 5.11. The van der Waals surface area contributed by atoms with Gasteiger partial charge >= 0.3 is 5.97 Å². The van der Waals surface area contributed by atoms with Gasteiger partial charge in [0.05, 0.1) is 5.57 Å². The Hall–Kier alpha value is -1.64. The monoisotopic (exact) mass is 152 g/mol. The van der Waals surface area contributed by atoms with Gasteiger partial charge in [-0.15, -0.1) is 0 Å². The van der Waals surface area contributed by atoms with Gasteiger partial charge in [0.25, 0.3) is 0 Å². The second-order valence-corrected chi connectivity index (χ2v) is 1.72. The van der Waals surface area contributed by atoms with Gasteiger partial charge in [-0.05, 0) is 12.2 Å². The van der Waals surface area contributed by atoms with E-state index in [-0.39, 0.29) is 5.57 Å². The third-order valence-electron chi connectivity index (χ3n) is 0.966. The van der Waals surface area contributed by atoms with Crippen LogP contribution >= 0.6 is 0 Å². The molecule has 0 saturated carbocycles. The molecule has 0 heterocycles. The number of rotatable bonds is 4.